The van der Waals surface area contributed by atoms with E-state index in [9.17, 15) is 29.5 Å². The molecule has 5 N–H and O–H groups in total. The van der Waals surface area contributed by atoms with E-state index in [4.69, 9.17) is 15.6 Å². The van der Waals surface area contributed by atoms with Gasteiger partial charge in [0.05, 0.1) is 18.3 Å². The van der Waals surface area contributed by atoms with E-state index >= 15 is 0 Å². The molecule has 3 amide bonds. The molecule has 34 heavy (non-hydrogen) atoms. The number of nitrogens with two attached hydrogens (primary N) is 1. The third-order valence-corrected chi connectivity index (χ3v) is 6.74. The second kappa shape index (κ2) is 11.9. The number of hydrogen-bond donors (Lipinski definition) is 4. The molecule has 1 aromatic rings. The third kappa shape index (κ3) is 5.64. The molecule has 2 aliphatic heterocycles. The Morgan fingerprint density at radius 2 is 2.18 bits per heavy atom. The van der Waals surface area contributed by atoms with Gasteiger partial charge in [-0.1, -0.05) is 5.16 Å². The van der Waals surface area contributed by atoms with Crippen LogP contribution in [0.2, 0.25) is 0 Å². The monoisotopic (exact) mass is 522 g/mol. The number of thiazole rings is 1. The van der Waals surface area contributed by atoms with Crippen LogP contribution in [-0.4, -0.2) is 98.7 Å². The van der Waals surface area contributed by atoms with Crippen molar-refractivity contribution in [2.24, 2.45) is 5.16 Å². The first kappa shape index (κ1) is 27.9. The Bertz CT molecular complexity index is 1050. The number of ether oxygens (including phenoxy) is 1. The minimum atomic E-state index is -1.64. The first-order valence-electron chi connectivity index (χ1n) is 9.30. The van der Waals surface area contributed by atoms with Crippen molar-refractivity contribution in [3.8, 4) is 0 Å². The Labute approximate surface area is 223 Å². The molecule has 178 valence electrons. The predicted molar refractivity (Wildman–Crippen MR) is 113 cm³/mol. The molecule has 1 aromatic heterocycles. The van der Waals surface area contributed by atoms with E-state index < -0.39 is 53.3 Å². The van der Waals surface area contributed by atoms with E-state index in [1.54, 1.807) is 0 Å². The molecule has 3 rings (SSSR count). The molecule has 2 atom stereocenters. The number of β-lactam (4-membered cyclic amide) rings is 1. The van der Waals surface area contributed by atoms with Crippen molar-refractivity contribution in [1.82, 2.24) is 20.1 Å². The van der Waals surface area contributed by atoms with Gasteiger partial charge >= 0.3 is 35.7 Å². The fourth-order valence-electron chi connectivity index (χ4n) is 3.10. The molecular weight excluding hydrogens is 503 g/mol. The molecule has 1 saturated heterocycles. The largest absolute Gasteiger partial charge is 1.00 e. The standard InChI is InChI=1S/C17H20N6O8S2.Na/c1-22(2-3-24)17(29)31-4-7-5-32-14-10(13(26)23(14)11(7)15(27)28)20-12(25)9(21-30)8-6-33-16(18)19-8;/h6,10,14,24,30H,2-5H2,1H3,(H2,18,19)(H,20,25)(H,27,28);/q;+1/p-1/b21-9-;/t10?,14-;/m1./s1. The number of nitrogens with zero attached hydrogens (tertiary/aromatic N) is 4. The van der Waals surface area contributed by atoms with Crippen molar-refractivity contribution in [3.05, 3.63) is 22.3 Å². The number of oxime groups is 1. The number of nitrogen functional groups attached to an aromatic ring is 1. The molecule has 3 heterocycles. The number of rotatable bonds is 8. The van der Waals surface area contributed by atoms with Crippen LogP contribution in [0.3, 0.4) is 0 Å². The molecule has 1 unspecified atom stereocenters. The number of nitrogens with one attached hydrogen (secondary N) is 1. The SMILES string of the molecule is CN(CCO)C(=O)OCC1=C(C(=O)[O-])N2C(=O)C(NC(=O)/C(=N\O)c3csc(N)n3)[C@H]2SC1.[Na+]. The van der Waals surface area contributed by atoms with Crippen molar-refractivity contribution in [3.63, 3.8) is 0 Å². The smallest absolute Gasteiger partial charge is 0.543 e. The van der Waals surface area contributed by atoms with Crippen LogP contribution in [-0.2, 0) is 19.1 Å². The molecule has 2 aliphatic rings. The number of thioether (sulfide) groups is 1. The van der Waals surface area contributed by atoms with Crippen LogP contribution in [0.25, 0.3) is 0 Å². The van der Waals surface area contributed by atoms with Crippen molar-refractivity contribution in [1.29, 1.82) is 0 Å². The second-order valence-corrected chi connectivity index (χ2v) is 8.81. The fourth-order valence-corrected chi connectivity index (χ4v) is 4.98. The Hall–Kier alpha value is -2.37. The molecule has 0 spiro atoms. The summed E-state index contributed by atoms with van der Waals surface area (Å²) in [5, 5.41) is 35.9. The summed E-state index contributed by atoms with van der Waals surface area (Å²) >= 11 is 2.17. The minimum Gasteiger partial charge on any atom is -0.543 e. The number of carbonyl (C=O) groups excluding carboxylic acids is 4. The summed E-state index contributed by atoms with van der Waals surface area (Å²) in [6.07, 6.45) is -0.778. The number of aromatic nitrogens is 1. The van der Waals surface area contributed by atoms with Gasteiger partial charge in [0.25, 0.3) is 11.8 Å². The van der Waals surface area contributed by atoms with Gasteiger partial charge in [-0.2, -0.15) is 0 Å². The van der Waals surface area contributed by atoms with E-state index in [0.29, 0.717) is 0 Å². The molecule has 17 heteroatoms. The van der Waals surface area contributed by atoms with Crippen LogP contribution >= 0.6 is 23.1 Å². The molecule has 14 nitrogen and oxygen atoms in total. The van der Waals surface area contributed by atoms with Crippen LogP contribution in [0.15, 0.2) is 21.8 Å². The molecule has 0 saturated carbocycles. The number of fused-ring (bicyclic) bond motifs is 1. The number of likely N-dealkylation sites (N-methyl/N-ethyl adjacent to an activating group) is 1. The summed E-state index contributed by atoms with van der Waals surface area (Å²) in [4.78, 5) is 54.7. The van der Waals surface area contributed by atoms with Crippen LogP contribution in [0.4, 0.5) is 9.93 Å². The van der Waals surface area contributed by atoms with Crippen molar-refractivity contribution in [2.75, 3.05) is 38.3 Å². The van der Waals surface area contributed by atoms with Gasteiger partial charge in [-0.15, -0.1) is 23.1 Å². The van der Waals surface area contributed by atoms with Gasteiger partial charge in [-0.05, 0) is 0 Å². The summed E-state index contributed by atoms with van der Waals surface area (Å²) in [6.45, 7) is -0.643. The zero-order valence-electron chi connectivity index (χ0n) is 18.1. The van der Waals surface area contributed by atoms with Gasteiger partial charge in [-0.3, -0.25) is 14.5 Å². The second-order valence-electron chi connectivity index (χ2n) is 6.82. The van der Waals surface area contributed by atoms with Crippen molar-refractivity contribution >= 4 is 57.8 Å². The van der Waals surface area contributed by atoms with E-state index in [-0.39, 0.29) is 64.9 Å². The number of aliphatic carboxylic acids is 1. The van der Waals surface area contributed by atoms with Crippen LogP contribution in [0.1, 0.15) is 5.69 Å². The van der Waals surface area contributed by atoms with E-state index in [1.165, 1.54) is 12.4 Å². The third-order valence-electron chi connectivity index (χ3n) is 4.72. The van der Waals surface area contributed by atoms with E-state index in [1.807, 2.05) is 0 Å². The van der Waals surface area contributed by atoms with Gasteiger partial charge in [0.1, 0.15) is 23.7 Å². The van der Waals surface area contributed by atoms with E-state index in [0.717, 1.165) is 32.9 Å². The normalized spacial score (nSPS) is 19.5. The van der Waals surface area contributed by atoms with Gasteiger partial charge in [0.2, 0.25) is 0 Å². The Balaban J connectivity index is 0.00000408. The maximum atomic E-state index is 12.7. The van der Waals surface area contributed by atoms with Crippen LogP contribution in [0, 0.1) is 0 Å². The number of aliphatic hydroxyl groups is 1. The van der Waals surface area contributed by atoms with Crippen LogP contribution in [0.5, 0.6) is 0 Å². The Kier molecular flexibility index (Phi) is 9.72. The van der Waals surface area contributed by atoms with Gasteiger partial charge in [-0.25, -0.2) is 9.78 Å². The average Bonchev–Trinajstić information content (AvgIpc) is 3.21. The average molecular weight is 522 g/mol. The molecule has 0 aliphatic carbocycles. The molecule has 1 fully saturated rings. The quantitative estimate of drug-likeness (QED) is 0.0831. The molecule has 0 radical (unpaired) electrons. The van der Waals surface area contributed by atoms with Crippen molar-refractivity contribution < 1.29 is 68.9 Å². The number of carbonyl (C=O) groups is 4. The molecular formula is C17H19N6NaO8S2. The summed E-state index contributed by atoms with van der Waals surface area (Å²) in [6, 6.07) is -1.09. The number of carboxylic acids is 1. The first-order chi connectivity index (χ1) is 15.7. The number of carboxylic acid groups (broad SMARTS) is 1. The maximum absolute atomic E-state index is 12.7. The van der Waals surface area contributed by atoms with Gasteiger partial charge in [0.15, 0.2) is 10.8 Å². The first-order valence-corrected chi connectivity index (χ1v) is 11.2. The van der Waals surface area contributed by atoms with Crippen molar-refractivity contribution in [2.45, 2.75) is 11.4 Å². The Morgan fingerprint density at radius 1 is 1.47 bits per heavy atom. The maximum Gasteiger partial charge on any atom is 1.00 e. The molecule has 0 bridgehead atoms. The van der Waals surface area contributed by atoms with Crippen LogP contribution < -0.4 is 45.7 Å². The molecule has 0 aromatic carbocycles. The fraction of sp³-hybridized carbons (Fsp3) is 0.412. The zero-order valence-corrected chi connectivity index (χ0v) is 21.7. The zero-order chi connectivity index (χ0) is 24.3. The summed E-state index contributed by atoms with van der Waals surface area (Å²) in [5.74, 6) is -3.17. The summed E-state index contributed by atoms with van der Waals surface area (Å²) in [7, 11) is 1.40. The number of amides is 3. The van der Waals surface area contributed by atoms with E-state index in [2.05, 4.69) is 15.5 Å². The van der Waals surface area contributed by atoms with Gasteiger partial charge < -0.3 is 40.9 Å². The van der Waals surface area contributed by atoms with Gasteiger partial charge in [0, 0.05) is 30.3 Å². The topological polar surface area (TPSA) is 211 Å². The number of aliphatic hydroxyl groups excluding tert-OH is 1. The predicted octanol–water partition coefficient (Wildman–Crippen LogP) is -5.63. The minimum absolute atomic E-state index is 0. The Morgan fingerprint density at radius 3 is 2.74 bits per heavy atom. The summed E-state index contributed by atoms with van der Waals surface area (Å²) < 4.78 is 5.05. The number of anilines is 1. The summed E-state index contributed by atoms with van der Waals surface area (Å²) in [5.41, 5.74) is 4.79. The number of hydrogen-bond acceptors (Lipinski definition) is 13.